The Kier molecular flexibility index (Phi) is 10.7. The fraction of sp³-hybridized carbons (Fsp3) is 0.342. The van der Waals surface area contributed by atoms with Gasteiger partial charge in [-0.1, -0.05) is 47.9 Å². The minimum Gasteiger partial charge on any atom is -0.491 e. The highest BCUT2D eigenvalue weighted by molar-refractivity contribution is 8.00. The third kappa shape index (κ3) is 8.31. The summed E-state index contributed by atoms with van der Waals surface area (Å²) in [5, 5.41) is 17.0. The third-order valence-corrected chi connectivity index (χ3v) is 11.5. The molecule has 3 aliphatic heterocycles. The monoisotopic (exact) mass is 726 g/mol. The van der Waals surface area contributed by atoms with Crippen molar-refractivity contribution in [3.05, 3.63) is 99.3 Å². The average molecular weight is 727 g/mol. The molecule has 1 amide bonds. The van der Waals surface area contributed by atoms with Gasteiger partial charge in [0.2, 0.25) is 0 Å². The summed E-state index contributed by atoms with van der Waals surface area (Å²) in [5.74, 6) is 4.59. The number of anilines is 2. The van der Waals surface area contributed by atoms with E-state index in [1.165, 1.54) is 17.4 Å². The number of para-hydroxylation sites is 1. The van der Waals surface area contributed by atoms with Crippen molar-refractivity contribution in [3.8, 4) is 17.6 Å². The standard InChI is InChI=1S/C38H39FN6O4S2/c1-43-18-20-44(21-19-43)16-5-7-25-13-14-31(29(39)23-25)49-22-6-12-33-34(36(47)48)41-38(51-33)45-17-15-26-8-4-9-27(28(26)24-45)35(46)42-37-40-30-10-2-3-11-32(30)50-37/h2-4,8-11,13-14,23,37,40H,6,12,15-22,24H2,1H3,(H,42,46)(H,47,48). The number of hydrogen-bond donors (Lipinski definition) is 3. The number of amides is 1. The fourth-order valence-electron chi connectivity index (χ4n) is 6.39. The molecule has 4 aromatic rings. The van der Waals surface area contributed by atoms with Crippen molar-refractivity contribution in [1.82, 2.24) is 20.1 Å². The molecule has 0 bridgehead atoms. The summed E-state index contributed by atoms with van der Waals surface area (Å²) in [5.41, 5.74) is 3.94. The van der Waals surface area contributed by atoms with Crippen LogP contribution >= 0.6 is 23.1 Å². The molecule has 51 heavy (non-hydrogen) atoms. The summed E-state index contributed by atoms with van der Waals surface area (Å²) < 4.78 is 20.6. The number of nitrogens with zero attached hydrogens (tertiary/aromatic N) is 4. The molecule has 3 aliphatic rings. The maximum absolute atomic E-state index is 14.8. The van der Waals surface area contributed by atoms with E-state index >= 15 is 0 Å². The summed E-state index contributed by atoms with van der Waals surface area (Å²) in [6.07, 6.45) is 1.61. The summed E-state index contributed by atoms with van der Waals surface area (Å²) in [6, 6.07) is 18.5. The zero-order valence-corrected chi connectivity index (χ0v) is 29.9. The number of ether oxygens (including phenoxy) is 1. The first kappa shape index (κ1) is 34.8. The number of aromatic nitrogens is 1. The predicted octanol–water partition coefficient (Wildman–Crippen LogP) is 5.38. The van der Waals surface area contributed by atoms with E-state index in [0.717, 1.165) is 47.9 Å². The van der Waals surface area contributed by atoms with Gasteiger partial charge in [-0.15, -0.1) is 11.3 Å². The number of thioether (sulfide) groups is 1. The molecule has 4 heterocycles. The van der Waals surface area contributed by atoms with E-state index in [-0.39, 0.29) is 29.5 Å². The highest BCUT2D eigenvalue weighted by Crippen LogP contribution is 2.37. The van der Waals surface area contributed by atoms with Gasteiger partial charge in [0, 0.05) is 60.2 Å². The van der Waals surface area contributed by atoms with Crippen LogP contribution in [0, 0.1) is 17.7 Å². The van der Waals surface area contributed by atoms with Crippen molar-refractivity contribution in [2.75, 3.05) is 63.1 Å². The highest BCUT2D eigenvalue weighted by atomic mass is 32.2. The lowest BCUT2D eigenvalue weighted by molar-refractivity contribution is 0.0689. The summed E-state index contributed by atoms with van der Waals surface area (Å²) in [7, 11) is 2.11. The number of aryl methyl sites for hydroxylation is 1. The van der Waals surface area contributed by atoms with Crippen LogP contribution in [0.1, 0.15) is 48.8 Å². The van der Waals surface area contributed by atoms with Gasteiger partial charge in [0.05, 0.1) is 18.8 Å². The van der Waals surface area contributed by atoms with Gasteiger partial charge in [0.15, 0.2) is 27.9 Å². The SMILES string of the molecule is CN1CCN(CC#Cc2ccc(OCCCc3sc(N4CCc5cccc(C(=O)NC6Nc7ccccc7S6)c5C4)nc3C(=O)O)c(F)c2)CC1. The normalized spacial score (nSPS) is 17.1. The van der Waals surface area contributed by atoms with Gasteiger partial charge < -0.3 is 30.3 Å². The second kappa shape index (κ2) is 15.7. The fourth-order valence-corrected chi connectivity index (χ4v) is 8.52. The molecule has 0 saturated carbocycles. The molecule has 7 rings (SSSR count). The van der Waals surface area contributed by atoms with Crippen LogP contribution < -0.4 is 20.3 Å². The summed E-state index contributed by atoms with van der Waals surface area (Å²) >= 11 is 2.90. The Bertz CT molecular complexity index is 1960. The Morgan fingerprint density at radius 3 is 2.75 bits per heavy atom. The van der Waals surface area contributed by atoms with Crippen LogP contribution in [0.4, 0.5) is 15.2 Å². The van der Waals surface area contributed by atoms with E-state index in [0.29, 0.717) is 60.0 Å². The van der Waals surface area contributed by atoms with Gasteiger partial charge in [0.25, 0.3) is 5.91 Å². The third-order valence-electron chi connectivity index (χ3n) is 9.23. The smallest absolute Gasteiger partial charge is 0.355 e. The minimum atomic E-state index is -1.09. The number of carbonyl (C=O) groups is 2. The van der Waals surface area contributed by atoms with Gasteiger partial charge in [-0.2, -0.15) is 0 Å². The molecule has 1 fully saturated rings. The van der Waals surface area contributed by atoms with Crippen LogP contribution in [0.15, 0.2) is 65.6 Å². The van der Waals surface area contributed by atoms with Crippen molar-refractivity contribution in [2.24, 2.45) is 0 Å². The van der Waals surface area contributed by atoms with Crippen molar-refractivity contribution < 1.29 is 23.8 Å². The van der Waals surface area contributed by atoms with Crippen molar-refractivity contribution in [2.45, 2.75) is 36.2 Å². The molecular formula is C38H39FN6O4S2. The molecule has 0 aliphatic carbocycles. The summed E-state index contributed by atoms with van der Waals surface area (Å²) in [4.78, 5) is 38.5. The lowest BCUT2D eigenvalue weighted by Crippen LogP contribution is -2.44. The van der Waals surface area contributed by atoms with E-state index in [1.807, 2.05) is 47.4 Å². The van der Waals surface area contributed by atoms with Crippen LogP contribution in [-0.2, 0) is 19.4 Å². The second-order valence-electron chi connectivity index (χ2n) is 12.8. The number of carboxylic acid groups (broad SMARTS) is 1. The first-order valence-corrected chi connectivity index (χ1v) is 18.7. The highest BCUT2D eigenvalue weighted by Gasteiger charge is 2.28. The van der Waals surface area contributed by atoms with Gasteiger partial charge in [0.1, 0.15) is 0 Å². The first-order valence-electron chi connectivity index (χ1n) is 17.0. The van der Waals surface area contributed by atoms with E-state index in [1.54, 1.807) is 23.9 Å². The van der Waals surface area contributed by atoms with Gasteiger partial charge in [-0.3, -0.25) is 9.69 Å². The molecule has 1 saturated heterocycles. The van der Waals surface area contributed by atoms with Crippen LogP contribution in [0.5, 0.6) is 5.75 Å². The first-order chi connectivity index (χ1) is 24.8. The number of nitrogens with one attached hydrogen (secondary N) is 2. The number of piperazine rings is 1. The quantitative estimate of drug-likeness (QED) is 0.146. The van der Waals surface area contributed by atoms with Crippen LogP contribution in [-0.4, -0.2) is 90.2 Å². The number of likely N-dealkylation sites (N-methyl/N-ethyl adjacent to an activating group) is 1. The van der Waals surface area contributed by atoms with Crippen molar-refractivity contribution >= 4 is 45.8 Å². The van der Waals surface area contributed by atoms with E-state index < -0.39 is 11.8 Å². The van der Waals surface area contributed by atoms with Gasteiger partial charge >= 0.3 is 5.97 Å². The van der Waals surface area contributed by atoms with Crippen LogP contribution in [0.3, 0.4) is 0 Å². The summed E-state index contributed by atoms with van der Waals surface area (Å²) in [6.45, 7) is 5.96. The number of hydrogen-bond acceptors (Lipinski definition) is 10. The molecule has 0 spiro atoms. The molecule has 1 aromatic heterocycles. The zero-order valence-electron chi connectivity index (χ0n) is 28.3. The van der Waals surface area contributed by atoms with E-state index in [4.69, 9.17) is 4.74 Å². The minimum absolute atomic E-state index is 0.0152. The second-order valence-corrected chi connectivity index (χ2v) is 15.0. The maximum Gasteiger partial charge on any atom is 0.355 e. The number of carbonyl (C=O) groups excluding carboxylic acids is 1. The Balaban J connectivity index is 0.944. The number of thiazole rings is 1. The molecule has 264 valence electrons. The average Bonchev–Trinajstić information content (AvgIpc) is 3.75. The molecule has 1 unspecified atom stereocenters. The van der Waals surface area contributed by atoms with E-state index in [2.05, 4.69) is 44.3 Å². The molecule has 0 radical (unpaired) electrons. The number of fused-ring (bicyclic) bond motifs is 2. The maximum atomic E-state index is 14.8. The Morgan fingerprint density at radius 1 is 1.10 bits per heavy atom. The topological polar surface area (TPSA) is 110 Å². The largest absolute Gasteiger partial charge is 0.491 e. The molecular weight excluding hydrogens is 688 g/mol. The Hall–Kier alpha value is -4.61. The molecule has 3 N–H and O–H groups in total. The lowest BCUT2D eigenvalue weighted by atomic mass is 9.94. The van der Waals surface area contributed by atoms with Crippen molar-refractivity contribution in [1.29, 1.82) is 0 Å². The van der Waals surface area contributed by atoms with Gasteiger partial charge in [-0.25, -0.2) is 14.2 Å². The zero-order chi connectivity index (χ0) is 35.3. The Morgan fingerprint density at radius 2 is 1.94 bits per heavy atom. The van der Waals surface area contributed by atoms with Crippen molar-refractivity contribution in [3.63, 3.8) is 0 Å². The molecule has 13 heteroatoms. The molecule has 3 aromatic carbocycles. The Labute approximate surface area is 305 Å². The predicted molar refractivity (Wildman–Crippen MR) is 198 cm³/mol. The lowest BCUT2D eigenvalue weighted by Gasteiger charge is -2.30. The van der Waals surface area contributed by atoms with E-state index in [9.17, 15) is 19.1 Å². The van der Waals surface area contributed by atoms with Crippen LogP contribution in [0.2, 0.25) is 0 Å². The molecule has 10 nitrogen and oxygen atoms in total. The number of carboxylic acids is 1. The number of rotatable bonds is 10. The van der Waals surface area contributed by atoms with Gasteiger partial charge in [-0.05, 0) is 73.8 Å². The van der Waals surface area contributed by atoms with Crippen LogP contribution in [0.25, 0.3) is 0 Å². The number of halogens is 1. The molecule has 1 atom stereocenters. The number of aromatic carboxylic acids is 1. The number of benzene rings is 3.